The number of H-pyrrole nitrogens is 2. The summed E-state index contributed by atoms with van der Waals surface area (Å²) in [5.41, 5.74) is 3.28. The van der Waals surface area contributed by atoms with E-state index in [1.807, 2.05) is 60.9 Å². The first kappa shape index (κ1) is 19.4. The van der Waals surface area contributed by atoms with Gasteiger partial charge in [0.15, 0.2) is 0 Å². The third-order valence-electron chi connectivity index (χ3n) is 4.85. The minimum atomic E-state index is -0.248. The second-order valence-electron chi connectivity index (χ2n) is 6.96. The maximum atomic E-state index is 12.1. The molecular weight excluding hydrogens is 380 g/mol. The first-order chi connectivity index (χ1) is 14.7. The average Bonchev–Trinajstić information content (AvgIpc) is 3.41. The van der Waals surface area contributed by atoms with Gasteiger partial charge in [0.25, 0.3) is 0 Å². The Morgan fingerprint density at radius 2 is 1.13 bits per heavy atom. The fourth-order valence-corrected chi connectivity index (χ4v) is 3.37. The normalized spacial score (nSPS) is 10.8. The van der Waals surface area contributed by atoms with Crippen molar-refractivity contribution in [2.75, 3.05) is 23.7 Å². The number of unbranched alkanes of at least 4 members (excludes halogenated alkanes) is 1. The largest absolute Gasteiger partial charge is 0.359 e. The Bertz CT molecular complexity index is 1070. The molecule has 0 aliphatic rings. The summed E-state index contributed by atoms with van der Waals surface area (Å²) in [5.74, 6) is 0. The van der Waals surface area contributed by atoms with Crippen LogP contribution < -0.4 is 21.3 Å². The van der Waals surface area contributed by atoms with Crippen LogP contribution in [-0.2, 0) is 0 Å². The lowest BCUT2D eigenvalue weighted by Crippen LogP contribution is -2.32. The van der Waals surface area contributed by atoms with E-state index in [1.54, 1.807) is 0 Å². The van der Waals surface area contributed by atoms with Gasteiger partial charge in [-0.25, -0.2) is 9.59 Å². The van der Waals surface area contributed by atoms with E-state index in [1.165, 1.54) is 0 Å². The van der Waals surface area contributed by atoms with Crippen molar-refractivity contribution in [1.29, 1.82) is 0 Å². The number of fused-ring (bicyclic) bond motifs is 2. The van der Waals surface area contributed by atoms with E-state index in [9.17, 15) is 9.59 Å². The molecule has 8 heteroatoms. The minimum absolute atomic E-state index is 0.248. The van der Waals surface area contributed by atoms with Crippen LogP contribution in [0, 0.1) is 0 Å². The molecule has 4 amide bonds. The molecule has 6 N–H and O–H groups in total. The second-order valence-corrected chi connectivity index (χ2v) is 6.96. The van der Waals surface area contributed by atoms with Crippen LogP contribution in [0.5, 0.6) is 0 Å². The molecule has 4 aromatic rings. The Morgan fingerprint density at radius 1 is 0.667 bits per heavy atom. The van der Waals surface area contributed by atoms with Crippen molar-refractivity contribution in [3.05, 3.63) is 60.9 Å². The predicted molar refractivity (Wildman–Crippen MR) is 120 cm³/mol. The Hall–Kier alpha value is -3.94. The van der Waals surface area contributed by atoms with E-state index in [2.05, 4.69) is 31.2 Å². The van der Waals surface area contributed by atoms with Gasteiger partial charge in [-0.05, 0) is 37.1 Å². The standard InChI is InChI=1S/C22H24N6O2/c29-21(27-17-7-3-5-15-9-13-23-19(15)17)25-11-1-2-12-26-22(30)28-18-8-4-6-16-10-14-24-20(16)18/h3-10,13-14,23-24H,1-2,11-12H2,(H2,25,27,29)(H2,26,28,30). The van der Waals surface area contributed by atoms with E-state index in [4.69, 9.17) is 0 Å². The van der Waals surface area contributed by atoms with Crippen LogP contribution in [0.1, 0.15) is 12.8 Å². The highest BCUT2D eigenvalue weighted by molar-refractivity contribution is 6.00. The van der Waals surface area contributed by atoms with Gasteiger partial charge in [0.05, 0.1) is 22.4 Å². The number of urea groups is 2. The summed E-state index contributed by atoms with van der Waals surface area (Å²) in [6.45, 7) is 1.05. The van der Waals surface area contributed by atoms with Crippen molar-refractivity contribution in [2.45, 2.75) is 12.8 Å². The first-order valence-electron chi connectivity index (χ1n) is 9.92. The summed E-state index contributed by atoms with van der Waals surface area (Å²) < 4.78 is 0. The molecule has 4 rings (SSSR count). The summed E-state index contributed by atoms with van der Waals surface area (Å²) >= 11 is 0. The van der Waals surface area contributed by atoms with Crippen LogP contribution in [0.2, 0.25) is 0 Å². The van der Waals surface area contributed by atoms with Crippen molar-refractivity contribution in [3.8, 4) is 0 Å². The predicted octanol–water partition coefficient (Wildman–Crippen LogP) is 4.37. The molecule has 0 atom stereocenters. The number of carbonyl (C=O) groups excluding carboxylic acids is 2. The van der Waals surface area contributed by atoms with Crippen LogP contribution in [-0.4, -0.2) is 35.1 Å². The topological polar surface area (TPSA) is 114 Å². The zero-order valence-electron chi connectivity index (χ0n) is 16.4. The van der Waals surface area contributed by atoms with Crippen molar-refractivity contribution < 1.29 is 9.59 Å². The van der Waals surface area contributed by atoms with Gasteiger partial charge in [-0.1, -0.05) is 24.3 Å². The van der Waals surface area contributed by atoms with E-state index in [-0.39, 0.29) is 12.1 Å². The molecule has 8 nitrogen and oxygen atoms in total. The highest BCUT2D eigenvalue weighted by atomic mass is 16.2. The smallest absolute Gasteiger partial charge is 0.319 e. The third-order valence-corrected chi connectivity index (χ3v) is 4.85. The maximum Gasteiger partial charge on any atom is 0.319 e. The van der Waals surface area contributed by atoms with Crippen LogP contribution in [0.4, 0.5) is 21.0 Å². The summed E-state index contributed by atoms with van der Waals surface area (Å²) in [6.07, 6.45) is 5.20. The summed E-state index contributed by atoms with van der Waals surface area (Å²) in [5, 5.41) is 13.5. The maximum absolute atomic E-state index is 12.1. The molecule has 2 aromatic heterocycles. The van der Waals surface area contributed by atoms with Crippen molar-refractivity contribution >= 4 is 45.2 Å². The summed E-state index contributed by atoms with van der Waals surface area (Å²) in [6, 6.07) is 14.9. The molecule has 0 radical (unpaired) electrons. The number of aromatic amines is 2. The number of anilines is 2. The Labute approximate surface area is 173 Å². The van der Waals surface area contributed by atoms with Crippen molar-refractivity contribution in [1.82, 2.24) is 20.6 Å². The number of hydrogen-bond acceptors (Lipinski definition) is 2. The minimum Gasteiger partial charge on any atom is -0.359 e. The Morgan fingerprint density at radius 3 is 1.60 bits per heavy atom. The second kappa shape index (κ2) is 9.04. The van der Waals surface area contributed by atoms with E-state index >= 15 is 0 Å². The number of aromatic nitrogens is 2. The van der Waals surface area contributed by atoms with Crippen LogP contribution in [0.15, 0.2) is 60.9 Å². The molecular formula is C22H24N6O2. The van der Waals surface area contributed by atoms with Gasteiger partial charge in [0.1, 0.15) is 0 Å². The molecule has 154 valence electrons. The van der Waals surface area contributed by atoms with Gasteiger partial charge < -0.3 is 31.2 Å². The van der Waals surface area contributed by atoms with Gasteiger partial charge in [-0.2, -0.15) is 0 Å². The lowest BCUT2D eigenvalue weighted by Gasteiger charge is -2.10. The molecule has 0 unspecified atom stereocenters. The van der Waals surface area contributed by atoms with Crippen LogP contribution in [0.25, 0.3) is 21.8 Å². The number of benzene rings is 2. The number of hydrogen-bond donors (Lipinski definition) is 6. The van der Waals surface area contributed by atoms with Crippen LogP contribution in [0.3, 0.4) is 0 Å². The van der Waals surface area contributed by atoms with Gasteiger partial charge in [0.2, 0.25) is 0 Å². The zero-order chi connectivity index (χ0) is 20.8. The molecule has 0 aliphatic heterocycles. The SMILES string of the molecule is O=C(NCCCCNC(=O)Nc1cccc2cc[nH]c12)Nc1cccc2cc[nH]c12. The zero-order valence-corrected chi connectivity index (χ0v) is 16.4. The van der Waals surface area contributed by atoms with E-state index in [0.717, 1.165) is 46.0 Å². The van der Waals surface area contributed by atoms with Crippen molar-refractivity contribution in [2.24, 2.45) is 0 Å². The lowest BCUT2D eigenvalue weighted by atomic mass is 10.2. The molecule has 2 aromatic carbocycles. The Kier molecular flexibility index (Phi) is 5.84. The lowest BCUT2D eigenvalue weighted by molar-refractivity contribution is 0.250. The quantitative estimate of drug-likeness (QED) is 0.257. The molecule has 0 spiro atoms. The van der Waals surface area contributed by atoms with Gasteiger partial charge in [-0.15, -0.1) is 0 Å². The van der Waals surface area contributed by atoms with E-state index in [0.29, 0.717) is 13.1 Å². The van der Waals surface area contributed by atoms with Gasteiger partial charge in [0, 0.05) is 36.3 Å². The monoisotopic (exact) mass is 404 g/mol. The third kappa shape index (κ3) is 4.54. The number of rotatable bonds is 7. The molecule has 0 aliphatic carbocycles. The Balaban J connectivity index is 1.13. The first-order valence-corrected chi connectivity index (χ1v) is 9.92. The molecule has 0 bridgehead atoms. The highest BCUT2D eigenvalue weighted by Crippen LogP contribution is 2.22. The van der Waals surface area contributed by atoms with Crippen LogP contribution >= 0.6 is 0 Å². The fraction of sp³-hybridized carbons (Fsp3) is 0.182. The molecule has 30 heavy (non-hydrogen) atoms. The van der Waals surface area contributed by atoms with Gasteiger partial charge in [-0.3, -0.25) is 0 Å². The number of nitrogens with one attached hydrogen (secondary N) is 6. The van der Waals surface area contributed by atoms with Crippen molar-refractivity contribution in [3.63, 3.8) is 0 Å². The summed E-state index contributed by atoms with van der Waals surface area (Å²) in [7, 11) is 0. The average molecular weight is 404 g/mol. The molecule has 0 saturated heterocycles. The molecule has 2 heterocycles. The number of carbonyl (C=O) groups is 2. The molecule has 0 saturated carbocycles. The molecule has 0 fully saturated rings. The highest BCUT2D eigenvalue weighted by Gasteiger charge is 2.07. The van der Waals surface area contributed by atoms with E-state index < -0.39 is 0 Å². The number of amides is 4. The number of para-hydroxylation sites is 2. The van der Waals surface area contributed by atoms with Gasteiger partial charge >= 0.3 is 12.1 Å². The fourth-order valence-electron chi connectivity index (χ4n) is 3.37. The summed E-state index contributed by atoms with van der Waals surface area (Å²) in [4.78, 5) is 30.4.